The highest BCUT2D eigenvalue weighted by Crippen LogP contribution is 2.30. The smallest absolute Gasteiger partial charge is 0.328 e. The number of ether oxygens (including phenoxy) is 1. The SMILES string of the molecule is CC(C)(NS(=O)(=O)CCCCCn1ccc(=O)[nH]c1=O)c1cccc(OCC2CC2)c1. The molecule has 0 saturated heterocycles. The van der Waals surface area contributed by atoms with Crippen LogP contribution in [0.4, 0.5) is 0 Å². The molecule has 1 aliphatic carbocycles. The van der Waals surface area contributed by atoms with E-state index >= 15 is 0 Å². The minimum absolute atomic E-state index is 0.00875. The number of hydrogen-bond acceptors (Lipinski definition) is 5. The van der Waals surface area contributed by atoms with E-state index in [1.165, 1.54) is 29.7 Å². The molecule has 1 aliphatic rings. The number of rotatable bonds is 12. The molecule has 1 heterocycles. The summed E-state index contributed by atoms with van der Waals surface area (Å²) in [5.74, 6) is 1.42. The third-order valence-corrected chi connectivity index (χ3v) is 7.01. The second-order valence-corrected chi connectivity index (χ2v) is 10.5. The van der Waals surface area contributed by atoms with Gasteiger partial charge in [-0.05, 0) is 63.1 Å². The number of benzene rings is 1. The molecule has 0 amide bonds. The summed E-state index contributed by atoms with van der Waals surface area (Å²) in [6.45, 7) is 4.82. The van der Waals surface area contributed by atoms with Crippen LogP contribution in [0.3, 0.4) is 0 Å². The Labute approximate surface area is 182 Å². The van der Waals surface area contributed by atoms with Gasteiger partial charge in [0.25, 0.3) is 5.56 Å². The van der Waals surface area contributed by atoms with Crippen LogP contribution in [0.5, 0.6) is 5.75 Å². The lowest BCUT2D eigenvalue weighted by atomic mass is 9.95. The normalized spacial score (nSPS) is 14.5. The van der Waals surface area contributed by atoms with E-state index in [9.17, 15) is 18.0 Å². The number of aryl methyl sites for hydroxylation is 1. The topological polar surface area (TPSA) is 110 Å². The van der Waals surface area contributed by atoms with Crippen LogP contribution in [-0.2, 0) is 22.1 Å². The van der Waals surface area contributed by atoms with Crippen molar-refractivity contribution in [1.29, 1.82) is 0 Å². The Hall–Kier alpha value is -2.39. The Kier molecular flexibility index (Phi) is 7.38. The zero-order valence-corrected chi connectivity index (χ0v) is 18.9. The summed E-state index contributed by atoms with van der Waals surface area (Å²) in [6, 6.07) is 8.86. The van der Waals surface area contributed by atoms with Gasteiger partial charge in [-0.3, -0.25) is 9.78 Å². The van der Waals surface area contributed by atoms with Crippen molar-refractivity contribution in [3.8, 4) is 5.75 Å². The zero-order chi connectivity index (χ0) is 22.5. The summed E-state index contributed by atoms with van der Waals surface area (Å²) < 4.78 is 35.3. The van der Waals surface area contributed by atoms with Crippen LogP contribution in [0.15, 0.2) is 46.1 Å². The molecule has 3 rings (SSSR count). The highest BCUT2D eigenvalue weighted by molar-refractivity contribution is 7.89. The predicted molar refractivity (Wildman–Crippen MR) is 120 cm³/mol. The fourth-order valence-corrected chi connectivity index (χ4v) is 4.92. The highest BCUT2D eigenvalue weighted by atomic mass is 32.2. The quantitative estimate of drug-likeness (QED) is 0.483. The van der Waals surface area contributed by atoms with Gasteiger partial charge in [0.2, 0.25) is 10.0 Å². The van der Waals surface area contributed by atoms with Crippen LogP contribution in [0.2, 0.25) is 0 Å². The number of hydrogen-bond donors (Lipinski definition) is 2. The first-order chi connectivity index (χ1) is 14.6. The summed E-state index contributed by atoms with van der Waals surface area (Å²) in [6.07, 6.45) is 5.65. The van der Waals surface area contributed by atoms with Crippen molar-refractivity contribution in [3.05, 3.63) is 62.9 Å². The maximum absolute atomic E-state index is 12.6. The number of aromatic amines is 1. The van der Waals surface area contributed by atoms with E-state index in [0.29, 0.717) is 38.3 Å². The van der Waals surface area contributed by atoms with Crippen LogP contribution >= 0.6 is 0 Å². The molecule has 8 nitrogen and oxygen atoms in total. The molecule has 2 N–H and O–H groups in total. The first kappa shape index (κ1) is 23.3. The van der Waals surface area contributed by atoms with Gasteiger partial charge < -0.3 is 9.30 Å². The number of sulfonamides is 1. The van der Waals surface area contributed by atoms with E-state index in [4.69, 9.17) is 4.74 Å². The molecule has 0 spiro atoms. The number of unbranched alkanes of at least 4 members (excludes halogenated alkanes) is 2. The Morgan fingerprint density at radius 2 is 1.94 bits per heavy atom. The van der Waals surface area contributed by atoms with Gasteiger partial charge in [0.15, 0.2) is 0 Å². The van der Waals surface area contributed by atoms with E-state index in [1.807, 2.05) is 38.1 Å². The fraction of sp³-hybridized carbons (Fsp3) is 0.545. The molecule has 0 bridgehead atoms. The van der Waals surface area contributed by atoms with Crippen LogP contribution < -0.4 is 20.7 Å². The van der Waals surface area contributed by atoms with Crippen molar-refractivity contribution < 1.29 is 13.2 Å². The van der Waals surface area contributed by atoms with Crippen molar-refractivity contribution in [2.45, 2.75) is 58.0 Å². The van der Waals surface area contributed by atoms with Gasteiger partial charge in [-0.1, -0.05) is 18.6 Å². The zero-order valence-electron chi connectivity index (χ0n) is 18.1. The van der Waals surface area contributed by atoms with E-state index in [2.05, 4.69) is 9.71 Å². The largest absolute Gasteiger partial charge is 0.493 e. The van der Waals surface area contributed by atoms with E-state index in [-0.39, 0.29) is 5.75 Å². The highest BCUT2D eigenvalue weighted by Gasteiger charge is 2.27. The maximum atomic E-state index is 12.6. The molecule has 0 atom stereocenters. The van der Waals surface area contributed by atoms with Crippen molar-refractivity contribution in [1.82, 2.24) is 14.3 Å². The third-order valence-electron chi connectivity index (χ3n) is 5.36. The molecule has 0 aliphatic heterocycles. The third kappa shape index (κ3) is 7.36. The number of aromatic nitrogens is 2. The molecule has 31 heavy (non-hydrogen) atoms. The molecule has 0 radical (unpaired) electrons. The number of nitrogens with zero attached hydrogens (tertiary/aromatic N) is 1. The molecule has 2 aromatic rings. The van der Waals surface area contributed by atoms with Crippen LogP contribution in [0, 0.1) is 5.92 Å². The van der Waals surface area contributed by atoms with Crippen LogP contribution in [0.1, 0.15) is 51.5 Å². The minimum atomic E-state index is -3.48. The first-order valence-corrected chi connectivity index (χ1v) is 12.3. The van der Waals surface area contributed by atoms with Gasteiger partial charge in [-0.25, -0.2) is 17.9 Å². The van der Waals surface area contributed by atoms with Gasteiger partial charge in [-0.15, -0.1) is 0 Å². The second kappa shape index (κ2) is 9.82. The Morgan fingerprint density at radius 1 is 1.16 bits per heavy atom. The lowest BCUT2D eigenvalue weighted by Crippen LogP contribution is -2.42. The van der Waals surface area contributed by atoms with Crippen LogP contribution in [0.25, 0.3) is 0 Å². The average molecular weight is 450 g/mol. The molecule has 0 unspecified atom stereocenters. The van der Waals surface area contributed by atoms with Crippen LogP contribution in [-0.4, -0.2) is 30.3 Å². The molecule has 1 aromatic heterocycles. The van der Waals surface area contributed by atoms with Gasteiger partial charge in [0.05, 0.1) is 17.9 Å². The van der Waals surface area contributed by atoms with Crippen molar-refractivity contribution >= 4 is 10.0 Å². The predicted octanol–water partition coefficient (Wildman–Crippen LogP) is 2.35. The van der Waals surface area contributed by atoms with Gasteiger partial charge in [-0.2, -0.15) is 0 Å². The second-order valence-electron chi connectivity index (χ2n) is 8.69. The van der Waals surface area contributed by atoms with Crippen molar-refractivity contribution in [2.24, 2.45) is 5.92 Å². The Balaban J connectivity index is 1.47. The molecule has 1 fully saturated rings. The Bertz CT molecular complexity index is 1100. The monoisotopic (exact) mass is 449 g/mol. The van der Waals surface area contributed by atoms with Crippen molar-refractivity contribution in [2.75, 3.05) is 12.4 Å². The lowest BCUT2D eigenvalue weighted by Gasteiger charge is -2.27. The molecular weight excluding hydrogens is 418 g/mol. The van der Waals surface area contributed by atoms with E-state index < -0.39 is 26.8 Å². The standard InChI is InChI=1S/C22H31N3O5S/c1-22(2,18-7-6-8-19(15-18)30-16-17-9-10-17)24-31(28,29)14-5-3-4-12-25-13-11-20(26)23-21(25)27/h6-8,11,13,15,17,24H,3-5,9-10,12,14,16H2,1-2H3,(H,23,26,27). The molecule has 1 saturated carbocycles. The van der Waals surface area contributed by atoms with E-state index in [0.717, 1.165) is 11.3 Å². The molecule has 170 valence electrons. The lowest BCUT2D eigenvalue weighted by molar-refractivity contribution is 0.298. The summed E-state index contributed by atoms with van der Waals surface area (Å²) in [5, 5.41) is 0. The molecular formula is C22H31N3O5S. The fourth-order valence-electron chi connectivity index (χ4n) is 3.34. The first-order valence-electron chi connectivity index (χ1n) is 10.7. The van der Waals surface area contributed by atoms with E-state index in [1.54, 1.807) is 0 Å². The summed E-state index contributed by atoms with van der Waals surface area (Å²) in [4.78, 5) is 24.9. The summed E-state index contributed by atoms with van der Waals surface area (Å²) >= 11 is 0. The summed E-state index contributed by atoms with van der Waals surface area (Å²) in [5.41, 5.74) is -0.796. The molecule has 9 heteroatoms. The average Bonchev–Trinajstić information content (AvgIpc) is 3.51. The minimum Gasteiger partial charge on any atom is -0.493 e. The number of nitrogens with one attached hydrogen (secondary N) is 2. The van der Waals surface area contributed by atoms with Gasteiger partial charge in [0.1, 0.15) is 5.75 Å². The Morgan fingerprint density at radius 3 is 2.65 bits per heavy atom. The van der Waals surface area contributed by atoms with Gasteiger partial charge >= 0.3 is 5.69 Å². The summed E-state index contributed by atoms with van der Waals surface area (Å²) in [7, 11) is -3.48. The van der Waals surface area contributed by atoms with Crippen molar-refractivity contribution in [3.63, 3.8) is 0 Å². The molecule has 1 aromatic carbocycles. The van der Waals surface area contributed by atoms with Gasteiger partial charge in [0, 0.05) is 18.8 Å². The number of H-pyrrole nitrogens is 1. The maximum Gasteiger partial charge on any atom is 0.328 e.